The average Bonchev–Trinajstić information content (AvgIpc) is 3.24. The van der Waals surface area contributed by atoms with Gasteiger partial charge in [0.2, 0.25) is 5.91 Å². The summed E-state index contributed by atoms with van der Waals surface area (Å²) in [7, 11) is 1.48. The van der Waals surface area contributed by atoms with Gasteiger partial charge in [-0.25, -0.2) is 0 Å². The molecule has 2 amide bonds. The van der Waals surface area contributed by atoms with Gasteiger partial charge in [-0.05, 0) is 49.5 Å². The third-order valence-electron chi connectivity index (χ3n) is 6.21. The van der Waals surface area contributed by atoms with Crippen LogP contribution >= 0.6 is 11.6 Å². The highest BCUT2D eigenvalue weighted by molar-refractivity contribution is 6.34. The van der Waals surface area contributed by atoms with Crippen LogP contribution < -0.4 is 15.4 Å². The fraction of sp³-hybridized carbons (Fsp3) is 0.360. The molecule has 1 aliphatic rings. The molecule has 2 heterocycles. The van der Waals surface area contributed by atoms with Crippen molar-refractivity contribution in [3.05, 3.63) is 58.7 Å². The summed E-state index contributed by atoms with van der Waals surface area (Å²) in [6, 6.07) is 11.5. The zero-order chi connectivity index (χ0) is 23.4. The second kappa shape index (κ2) is 10.3. The minimum atomic E-state index is -0.253. The molecule has 1 aromatic heterocycles. The Hall–Kier alpha value is -3.03. The molecule has 0 radical (unpaired) electrons. The van der Waals surface area contributed by atoms with E-state index in [0.29, 0.717) is 29.5 Å². The SMILES string of the molecule is COc1cc(NC(C)=O)c(Cl)cc1C(=O)NCCN1CCC(c2c[nH]c3ccccc23)CC1. The number of hydrogen-bond donors (Lipinski definition) is 3. The first kappa shape index (κ1) is 23.1. The molecule has 33 heavy (non-hydrogen) atoms. The molecule has 0 aliphatic carbocycles. The topological polar surface area (TPSA) is 86.5 Å². The maximum Gasteiger partial charge on any atom is 0.255 e. The summed E-state index contributed by atoms with van der Waals surface area (Å²) < 4.78 is 5.33. The lowest BCUT2D eigenvalue weighted by atomic mass is 9.89. The van der Waals surface area contributed by atoms with Gasteiger partial charge in [0.1, 0.15) is 5.75 Å². The molecule has 8 heteroatoms. The number of H-pyrrole nitrogens is 1. The lowest BCUT2D eigenvalue weighted by molar-refractivity contribution is -0.114. The Balaban J connectivity index is 1.29. The lowest BCUT2D eigenvalue weighted by Crippen LogP contribution is -2.39. The average molecular weight is 469 g/mol. The maximum absolute atomic E-state index is 12.7. The fourth-order valence-corrected chi connectivity index (χ4v) is 4.72. The predicted octanol–water partition coefficient (Wildman–Crippen LogP) is 4.40. The molecule has 0 unspecified atom stereocenters. The molecule has 0 spiro atoms. The Morgan fingerprint density at radius 3 is 2.70 bits per heavy atom. The van der Waals surface area contributed by atoms with E-state index in [9.17, 15) is 9.59 Å². The van der Waals surface area contributed by atoms with Crippen molar-refractivity contribution in [3.63, 3.8) is 0 Å². The van der Waals surface area contributed by atoms with E-state index in [4.69, 9.17) is 16.3 Å². The molecule has 2 aromatic carbocycles. The van der Waals surface area contributed by atoms with Crippen LogP contribution in [-0.2, 0) is 4.79 Å². The summed E-state index contributed by atoms with van der Waals surface area (Å²) in [6.45, 7) is 4.71. The van der Waals surface area contributed by atoms with E-state index in [2.05, 4.69) is 51.0 Å². The number of rotatable bonds is 7. The number of benzene rings is 2. The van der Waals surface area contributed by atoms with Crippen LogP contribution in [0.1, 0.15) is 41.6 Å². The fourth-order valence-electron chi connectivity index (χ4n) is 4.51. The van der Waals surface area contributed by atoms with Crippen LogP contribution in [0.15, 0.2) is 42.6 Å². The zero-order valence-electron chi connectivity index (χ0n) is 18.9. The van der Waals surface area contributed by atoms with Crippen LogP contribution in [0, 0.1) is 0 Å². The number of aromatic nitrogens is 1. The van der Waals surface area contributed by atoms with Gasteiger partial charge < -0.3 is 25.3 Å². The summed E-state index contributed by atoms with van der Waals surface area (Å²) in [6.07, 6.45) is 4.36. The number of fused-ring (bicyclic) bond motifs is 1. The molecule has 0 saturated carbocycles. The number of methoxy groups -OCH3 is 1. The number of hydrogen-bond acceptors (Lipinski definition) is 4. The molecular weight excluding hydrogens is 440 g/mol. The monoisotopic (exact) mass is 468 g/mol. The van der Waals surface area contributed by atoms with Gasteiger partial charge in [0.15, 0.2) is 0 Å². The Morgan fingerprint density at radius 1 is 1.21 bits per heavy atom. The van der Waals surface area contributed by atoms with Crippen molar-refractivity contribution in [2.45, 2.75) is 25.7 Å². The van der Waals surface area contributed by atoms with E-state index in [1.165, 1.54) is 36.6 Å². The number of anilines is 1. The Bertz CT molecular complexity index is 1150. The number of amides is 2. The van der Waals surface area contributed by atoms with Gasteiger partial charge >= 0.3 is 0 Å². The molecular formula is C25H29ClN4O3. The number of ether oxygens (including phenoxy) is 1. The van der Waals surface area contributed by atoms with Crippen LogP contribution in [0.25, 0.3) is 10.9 Å². The van der Waals surface area contributed by atoms with E-state index < -0.39 is 0 Å². The van der Waals surface area contributed by atoms with E-state index in [-0.39, 0.29) is 16.8 Å². The number of nitrogens with zero attached hydrogens (tertiary/aromatic N) is 1. The first-order valence-electron chi connectivity index (χ1n) is 11.2. The van der Waals surface area contributed by atoms with Crippen molar-refractivity contribution >= 4 is 40.0 Å². The van der Waals surface area contributed by atoms with Crippen LogP contribution in [0.2, 0.25) is 5.02 Å². The van der Waals surface area contributed by atoms with Gasteiger partial charge in [-0.3, -0.25) is 9.59 Å². The molecule has 174 valence electrons. The van der Waals surface area contributed by atoms with E-state index in [1.807, 2.05) is 0 Å². The maximum atomic E-state index is 12.7. The molecule has 3 N–H and O–H groups in total. The first-order valence-corrected chi connectivity index (χ1v) is 11.6. The first-order chi connectivity index (χ1) is 16.0. The van der Waals surface area contributed by atoms with Gasteiger partial charge in [0.25, 0.3) is 5.91 Å². The van der Waals surface area contributed by atoms with Crippen LogP contribution in [0.3, 0.4) is 0 Å². The number of nitrogens with one attached hydrogen (secondary N) is 3. The van der Waals surface area contributed by atoms with Crippen LogP contribution in [0.5, 0.6) is 5.75 Å². The molecule has 0 atom stereocenters. The number of carbonyl (C=O) groups is 2. The summed E-state index contributed by atoms with van der Waals surface area (Å²) in [4.78, 5) is 29.8. The van der Waals surface area contributed by atoms with Crippen molar-refractivity contribution < 1.29 is 14.3 Å². The lowest BCUT2D eigenvalue weighted by Gasteiger charge is -2.32. The van der Waals surface area contributed by atoms with Gasteiger partial charge in [-0.15, -0.1) is 0 Å². The van der Waals surface area contributed by atoms with E-state index >= 15 is 0 Å². The van der Waals surface area contributed by atoms with Crippen LogP contribution in [0.4, 0.5) is 5.69 Å². The number of halogens is 1. The van der Waals surface area contributed by atoms with Crippen molar-refractivity contribution in [1.82, 2.24) is 15.2 Å². The van der Waals surface area contributed by atoms with E-state index in [1.54, 1.807) is 6.07 Å². The summed E-state index contributed by atoms with van der Waals surface area (Å²) in [5.74, 6) is 0.419. The Kier molecular flexibility index (Phi) is 7.20. The number of piperidine rings is 1. The third kappa shape index (κ3) is 5.31. The highest BCUT2D eigenvalue weighted by Gasteiger charge is 2.23. The van der Waals surface area contributed by atoms with Crippen molar-refractivity contribution in [3.8, 4) is 5.75 Å². The van der Waals surface area contributed by atoms with Gasteiger partial charge in [-0.1, -0.05) is 29.8 Å². The molecule has 7 nitrogen and oxygen atoms in total. The van der Waals surface area contributed by atoms with Crippen molar-refractivity contribution in [1.29, 1.82) is 0 Å². The summed E-state index contributed by atoms with van der Waals surface area (Å²) >= 11 is 6.23. The van der Waals surface area contributed by atoms with Gasteiger partial charge in [-0.2, -0.15) is 0 Å². The van der Waals surface area contributed by atoms with Gasteiger partial charge in [0.05, 0.1) is 23.4 Å². The number of para-hydroxylation sites is 1. The van der Waals surface area contributed by atoms with E-state index in [0.717, 1.165) is 32.5 Å². The molecule has 4 rings (SSSR count). The molecule has 0 bridgehead atoms. The predicted molar refractivity (Wildman–Crippen MR) is 131 cm³/mol. The number of aromatic amines is 1. The number of carbonyl (C=O) groups excluding carboxylic acids is 2. The highest BCUT2D eigenvalue weighted by Crippen LogP contribution is 2.33. The Morgan fingerprint density at radius 2 is 1.97 bits per heavy atom. The standard InChI is InChI=1S/C25H29ClN4O3/c1-16(31)29-23-14-24(33-2)19(13-21(23)26)25(32)27-9-12-30-10-7-17(8-11-30)20-15-28-22-6-4-3-5-18(20)22/h3-6,13-15,17,28H,7-12H2,1-2H3,(H,27,32)(H,29,31). The second-order valence-electron chi connectivity index (χ2n) is 8.37. The largest absolute Gasteiger partial charge is 0.496 e. The van der Waals surface area contributed by atoms with Crippen LogP contribution in [-0.4, -0.2) is 55.0 Å². The minimum Gasteiger partial charge on any atom is -0.496 e. The molecule has 3 aromatic rings. The zero-order valence-corrected chi connectivity index (χ0v) is 19.7. The normalized spacial score (nSPS) is 14.9. The summed E-state index contributed by atoms with van der Waals surface area (Å²) in [5.41, 5.74) is 3.36. The second-order valence-corrected chi connectivity index (χ2v) is 8.78. The molecule has 1 fully saturated rings. The third-order valence-corrected chi connectivity index (χ3v) is 6.52. The smallest absolute Gasteiger partial charge is 0.255 e. The Labute approximate surface area is 198 Å². The van der Waals surface area contributed by atoms with Crippen molar-refractivity contribution in [2.75, 3.05) is 38.6 Å². The minimum absolute atomic E-state index is 0.246. The molecule has 1 saturated heterocycles. The van der Waals surface area contributed by atoms with Crippen molar-refractivity contribution in [2.24, 2.45) is 0 Å². The molecule has 1 aliphatic heterocycles. The highest BCUT2D eigenvalue weighted by atomic mass is 35.5. The summed E-state index contributed by atoms with van der Waals surface area (Å²) in [5, 5.41) is 7.20. The quantitative estimate of drug-likeness (QED) is 0.479. The number of likely N-dealkylation sites (tertiary alicyclic amines) is 1. The van der Waals surface area contributed by atoms with Gasteiger partial charge in [0, 0.05) is 43.2 Å².